The molecular weight excluding hydrogens is 248 g/mol. The van der Waals surface area contributed by atoms with Gasteiger partial charge in [-0.15, -0.1) is 0 Å². The van der Waals surface area contributed by atoms with E-state index in [9.17, 15) is 14.4 Å². The fourth-order valence-electron chi connectivity index (χ4n) is 1.90. The molecule has 0 atom stereocenters. The van der Waals surface area contributed by atoms with Crippen LogP contribution in [-0.4, -0.2) is 28.1 Å². The van der Waals surface area contributed by atoms with Gasteiger partial charge in [-0.3, -0.25) is 9.59 Å². The SMILES string of the molecule is CCCNC(=O)Cn1c(C)c(C(=O)O)c(C)cc1=O. The first-order chi connectivity index (χ1) is 8.88. The van der Waals surface area contributed by atoms with Gasteiger partial charge in [0.1, 0.15) is 6.54 Å². The fourth-order valence-corrected chi connectivity index (χ4v) is 1.90. The van der Waals surface area contributed by atoms with Crippen molar-refractivity contribution in [3.8, 4) is 0 Å². The second-order valence-corrected chi connectivity index (χ2v) is 4.37. The quantitative estimate of drug-likeness (QED) is 0.820. The molecule has 104 valence electrons. The van der Waals surface area contributed by atoms with E-state index in [1.807, 2.05) is 6.92 Å². The maximum absolute atomic E-state index is 11.8. The predicted molar refractivity (Wildman–Crippen MR) is 70.4 cm³/mol. The smallest absolute Gasteiger partial charge is 0.337 e. The number of carboxylic acid groups (broad SMARTS) is 1. The lowest BCUT2D eigenvalue weighted by Gasteiger charge is -2.13. The van der Waals surface area contributed by atoms with Gasteiger partial charge in [0.05, 0.1) is 5.56 Å². The van der Waals surface area contributed by atoms with Crippen LogP contribution in [0.3, 0.4) is 0 Å². The molecule has 1 rings (SSSR count). The number of aromatic nitrogens is 1. The minimum Gasteiger partial charge on any atom is -0.478 e. The highest BCUT2D eigenvalue weighted by Crippen LogP contribution is 2.11. The van der Waals surface area contributed by atoms with Gasteiger partial charge in [0.15, 0.2) is 0 Å². The number of amides is 1. The van der Waals surface area contributed by atoms with Gasteiger partial charge in [0.25, 0.3) is 5.56 Å². The summed E-state index contributed by atoms with van der Waals surface area (Å²) in [5, 5.41) is 11.8. The largest absolute Gasteiger partial charge is 0.478 e. The van der Waals surface area contributed by atoms with Gasteiger partial charge < -0.3 is 15.0 Å². The van der Waals surface area contributed by atoms with Crippen LogP contribution in [0.15, 0.2) is 10.9 Å². The Bertz CT molecular complexity index is 560. The number of hydrogen-bond acceptors (Lipinski definition) is 3. The molecule has 0 aromatic carbocycles. The van der Waals surface area contributed by atoms with Gasteiger partial charge in [-0.2, -0.15) is 0 Å². The molecule has 0 unspecified atom stereocenters. The van der Waals surface area contributed by atoms with Crippen molar-refractivity contribution >= 4 is 11.9 Å². The summed E-state index contributed by atoms with van der Waals surface area (Å²) in [6.45, 7) is 5.39. The molecule has 19 heavy (non-hydrogen) atoms. The third kappa shape index (κ3) is 3.43. The summed E-state index contributed by atoms with van der Waals surface area (Å²) < 4.78 is 1.18. The first-order valence-corrected chi connectivity index (χ1v) is 6.09. The van der Waals surface area contributed by atoms with Crippen molar-refractivity contribution in [1.29, 1.82) is 0 Å². The van der Waals surface area contributed by atoms with Gasteiger partial charge in [0.2, 0.25) is 5.91 Å². The maximum atomic E-state index is 11.8. The number of pyridine rings is 1. The Morgan fingerprint density at radius 1 is 1.37 bits per heavy atom. The summed E-state index contributed by atoms with van der Waals surface area (Å²) in [6, 6.07) is 1.24. The number of nitrogens with zero attached hydrogens (tertiary/aromatic N) is 1. The summed E-state index contributed by atoms with van der Waals surface area (Å²) in [5.74, 6) is -1.40. The number of carbonyl (C=O) groups excluding carboxylic acids is 1. The second-order valence-electron chi connectivity index (χ2n) is 4.37. The van der Waals surface area contributed by atoms with E-state index >= 15 is 0 Å². The summed E-state index contributed by atoms with van der Waals surface area (Å²) in [4.78, 5) is 34.6. The van der Waals surface area contributed by atoms with Crippen molar-refractivity contribution in [2.45, 2.75) is 33.7 Å². The Morgan fingerprint density at radius 2 is 2.00 bits per heavy atom. The molecule has 0 saturated carbocycles. The van der Waals surface area contributed by atoms with E-state index in [1.54, 1.807) is 6.92 Å². The van der Waals surface area contributed by atoms with Crippen molar-refractivity contribution in [3.05, 3.63) is 33.2 Å². The molecule has 1 aromatic rings. The number of rotatable bonds is 5. The van der Waals surface area contributed by atoms with Gasteiger partial charge in [-0.25, -0.2) is 4.79 Å². The number of carbonyl (C=O) groups is 2. The Balaban J connectivity index is 3.14. The first kappa shape index (κ1) is 14.9. The monoisotopic (exact) mass is 266 g/mol. The third-order valence-corrected chi connectivity index (χ3v) is 2.85. The Hall–Kier alpha value is -2.11. The number of hydrogen-bond donors (Lipinski definition) is 2. The topological polar surface area (TPSA) is 88.4 Å². The Kier molecular flexibility index (Phi) is 4.86. The van der Waals surface area contributed by atoms with Crippen LogP contribution in [0.4, 0.5) is 0 Å². The molecule has 0 aliphatic heterocycles. The molecule has 0 fully saturated rings. The molecule has 0 aliphatic rings. The van der Waals surface area contributed by atoms with Crippen LogP contribution in [0.5, 0.6) is 0 Å². The lowest BCUT2D eigenvalue weighted by atomic mass is 10.1. The number of aryl methyl sites for hydroxylation is 1. The second kappa shape index (κ2) is 6.17. The minimum absolute atomic E-state index is 0.0721. The molecular formula is C13H18N2O4. The molecule has 1 aromatic heterocycles. The lowest BCUT2D eigenvalue weighted by Crippen LogP contribution is -2.34. The highest BCUT2D eigenvalue weighted by molar-refractivity contribution is 5.90. The fraction of sp³-hybridized carbons (Fsp3) is 0.462. The first-order valence-electron chi connectivity index (χ1n) is 6.09. The molecule has 0 bridgehead atoms. The van der Waals surface area contributed by atoms with E-state index < -0.39 is 5.97 Å². The summed E-state index contributed by atoms with van der Waals surface area (Å²) in [6.07, 6.45) is 0.799. The van der Waals surface area contributed by atoms with Gasteiger partial charge in [-0.1, -0.05) is 6.92 Å². The zero-order chi connectivity index (χ0) is 14.6. The highest BCUT2D eigenvalue weighted by Gasteiger charge is 2.17. The molecule has 0 radical (unpaired) electrons. The van der Waals surface area contributed by atoms with Crippen LogP contribution in [-0.2, 0) is 11.3 Å². The van der Waals surface area contributed by atoms with Crippen molar-refractivity contribution in [2.75, 3.05) is 6.54 Å². The van der Waals surface area contributed by atoms with E-state index in [4.69, 9.17) is 5.11 Å². The van der Waals surface area contributed by atoms with Crippen LogP contribution in [0.1, 0.15) is 35.0 Å². The molecule has 2 N–H and O–H groups in total. The van der Waals surface area contributed by atoms with Crippen LogP contribution < -0.4 is 10.9 Å². The average molecular weight is 266 g/mol. The van der Waals surface area contributed by atoms with E-state index in [2.05, 4.69) is 5.32 Å². The van der Waals surface area contributed by atoms with Crippen LogP contribution >= 0.6 is 0 Å². The van der Waals surface area contributed by atoms with Crippen LogP contribution in [0.2, 0.25) is 0 Å². The zero-order valence-corrected chi connectivity index (χ0v) is 11.3. The predicted octanol–water partition coefficient (Wildman–Crippen LogP) is 0.690. The highest BCUT2D eigenvalue weighted by atomic mass is 16.4. The van der Waals surface area contributed by atoms with Crippen molar-refractivity contribution < 1.29 is 14.7 Å². The molecule has 1 heterocycles. The summed E-state index contributed by atoms with van der Waals surface area (Å²) >= 11 is 0. The van der Waals surface area contributed by atoms with Gasteiger partial charge >= 0.3 is 5.97 Å². The van der Waals surface area contributed by atoms with Crippen molar-refractivity contribution in [2.24, 2.45) is 0 Å². The Morgan fingerprint density at radius 3 is 2.53 bits per heavy atom. The number of nitrogens with one attached hydrogen (secondary N) is 1. The average Bonchev–Trinajstić information content (AvgIpc) is 2.31. The molecule has 0 spiro atoms. The molecule has 6 nitrogen and oxygen atoms in total. The zero-order valence-electron chi connectivity index (χ0n) is 11.3. The van der Waals surface area contributed by atoms with E-state index in [0.29, 0.717) is 17.8 Å². The number of carboxylic acids is 1. The van der Waals surface area contributed by atoms with E-state index in [1.165, 1.54) is 17.6 Å². The third-order valence-electron chi connectivity index (χ3n) is 2.85. The lowest BCUT2D eigenvalue weighted by molar-refractivity contribution is -0.121. The van der Waals surface area contributed by atoms with E-state index in [-0.39, 0.29) is 23.6 Å². The van der Waals surface area contributed by atoms with Crippen LogP contribution in [0.25, 0.3) is 0 Å². The molecule has 1 amide bonds. The molecule has 6 heteroatoms. The molecule has 0 aliphatic carbocycles. The van der Waals surface area contributed by atoms with Gasteiger partial charge in [0, 0.05) is 18.3 Å². The summed E-state index contributed by atoms with van der Waals surface area (Å²) in [7, 11) is 0. The normalized spacial score (nSPS) is 10.3. The van der Waals surface area contributed by atoms with Crippen molar-refractivity contribution in [1.82, 2.24) is 9.88 Å². The molecule has 0 saturated heterocycles. The van der Waals surface area contributed by atoms with Crippen molar-refractivity contribution in [3.63, 3.8) is 0 Å². The Labute approximate surface area is 111 Å². The maximum Gasteiger partial charge on any atom is 0.337 e. The van der Waals surface area contributed by atoms with E-state index in [0.717, 1.165) is 6.42 Å². The summed E-state index contributed by atoms with van der Waals surface area (Å²) in [5.41, 5.74) is 0.402. The van der Waals surface area contributed by atoms with Crippen LogP contribution in [0, 0.1) is 13.8 Å². The minimum atomic E-state index is -1.10. The van der Waals surface area contributed by atoms with Gasteiger partial charge in [-0.05, 0) is 25.8 Å². The standard InChI is InChI=1S/C13H18N2O4/c1-4-5-14-10(16)7-15-9(3)12(13(18)19)8(2)6-11(15)17/h6H,4-5,7H2,1-3H3,(H,14,16)(H,18,19). The number of aromatic carboxylic acids is 1.